The number of amides is 1. The van der Waals surface area contributed by atoms with Gasteiger partial charge in [0.1, 0.15) is 28.0 Å². The lowest BCUT2D eigenvalue weighted by Crippen LogP contribution is -2.40. The number of ether oxygens (including phenoxy) is 1. The highest BCUT2D eigenvalue weighted by molar-refractivity contribution is 7.13. The Balaban J connectivity index is 1.56. The van der Waals surface area contributed by atoms with Crippen LogP contribution in [0.2, 0.25) is 0 Å². The summed E-state index contributed by atoms with van der Waals surface area (Å²) >= 11 is 1.00. The summed E-state index contributed by atoms with van der Waals surface area (Å²) in [4.78, 5) is 19.2. The Hall–Kier alpha value is -2.89. The monoisotopic (exact) mass is 476 g/mol. The predicted molar refractivity (Wildman–Crippen MR) is 123 cm³/mol. The number of hydrogen-bond acceptors (Lipinski definition) is 7. The number of aromatic nitrogens is 3. The molecule has 3 atom stereocenters. The maximum absolute atomic E-state index is 14.1. The van der Waals surface area contributed by atoms with Crippen LogP contribution in [-0.4, -0.2) is 53.0 Å². The van der Waals surface area contributed by atoms with Crippen LogP contribution in [0.1, 0.15) is 23.8 Å². The Morgan fingerprint density at radius 2 is 2.06 bits per heavy atom. The van der Waals surface area contributed by atoms with Gasteiger partial charge in [0.25, 0.3) is 5.91 Å². The highest BCUT2D eigenvalue weighted by Gasteiger charge is 2.32. The van der Waals surface area contributed by atoms with Gasteiger partial charge in [-0.25, -0.2) is 13.8 Å². The molecular weight excluding hydrogens is 450 g/mol. The Kier molecular flexibility index (Phi) is 6.73. The zero-order valence-electron chi connectivity index (χ0n) is 18.6. The van der Waals surface area contributed by atoms with Crippen LogP contribution in [0.5, 0.6) is 0 Å². The Labute approximate surface area is 194 Å². The molecule has 0 unspecified atom stereocenters. The summed E-state index contributed by atoms with van der Waals surface area (Å²) in [5, 5.41) is 8.73. The number of methoxy groups -OCH3 is 1. The normalized spacial score (nSPS) is 21.2. The van der Waals surface area contributed by atoms with Gasteiger partial charge < -0.3 is 20.7 Å². The summed E-state index contributed by atoms with van der Waals surface area (Å²) in [6, 6.07) is 3.51. The van der Waals surface area contributed by atoms with E-state index in [-0.39, 0.29) is 34.3 Å². The average Bonchev–Trinajstić information content (AvgIpc) is 3.35. The minimum Gasteiger partial charge on any atom is -0.379 e. The number of benzene rings is 1. The number of thiazole rings is 1. The Morgan fingerprint density at radius 3 is 2.76 bits per heavy atom. The van der Waals surface area contributed by atoms with Gasteiger partial charge in [-0.3, -0.25) is 9.48 Å². The third kappa shape index (κ3) is 4.61. The molecule has 11 heteroatoms. The van der Waals surface area contributed by atoms with Gasteiger partial charge >= 0.3 is 0 Å². The number of nitrogens with two attached hydrogens (primary N) is 1. The third-order valence-electron chi connectivity index (χ3n) is 5.86. The molecule has 1 aliphatic rings. The molecule has 2 aromatic heterocycles. The number of halogens is 2. The van der Waals surface area contributed by atoms with E-state index >= 15 is 0 Å². The molecule has 3 aromatic rings. The fourth-order valence-corrected chi connectivity index (χ4v) is 5.16. The van der Waals surface area contributed by atoms with Crippen molar-refractivity contribution in [3.05, 3.63) is 47.1 Å². The first-order chi connectivity index (χ1) is 15.8. The predicted octanol–water partition coefficient (Wildman–Crippen LogP) is 3.26. The molecule has 1 fully saturated rings. The summed E-state index contributed by atoms with van der Waals surface area (Å²) < 4.78 is 35.5. The smallest absolute Gasteiger partial charge is 0.275 e. The molecule has 0 aliphatic carbocycles. The Morgan fingerprint density at radius 1 is 1.33 bits per heavy atom. The van der Waals surface area contributed by atoms with Crippen LogP contribution in [0.3, 0.4) is 0 Å². The molecule has 1 saturated heterocycles. The van der Waals surface area contributed by atoms with E-state index in [1.165, 1.54) is 11.4 Å². The molecule has 0 spiro atoms. The lowest BCUT2D eigenvalue weighted by molar-refractivity contribution is 0.0447. The molecule has 176 valence electrons. The van der Waals surface area contributed by atoms with E-state index in [0.29, 0.717) is 18.8 Å². The highest BCUT2D eigenvalue weighted by Crippen LogP contribution is 2.32. The topological polar surface area (TPSA) is 98.3 Å². The van der Waals surface area contributed by atoms with Gasteiger partial charge in [0.2, 0.25) is 0 Å². The molecule has 4 rings (SSSR count). The van der Waals surface area contributed by atoms with Gasteiger partial charge in [0.05, 0.1) is 17.9 Å². The lowest BCUT2D eigenvalue weighted by Gasteiger charge is -2.28. The number of hydrogen-bond donors (Lipinski definition) is 2. The first-order valence-electron chi connectivity index (χ1n) is 10.6. The zero-order valence-corrected chi connectivity index (χ0v) is 19.4. The molecule has 3 N–H and O–H groups in total. The van der Waals surface area contributed by atoms with Crippen LogP contribution in [0.15, 0.2) is 29.8 Å². The van der Waals surface area contributed by atoms with Crippen LogP contribution in [0.25, 0.3) is 10.6 Å². The molecule has 33 heavy (non-hydrogen) atoms. The number of rotatable bonds is 5. The lowest BCUT2D eigenvalue weighted by atomic mass is 9.98. The van der Waals surface area contributed by atoms with Crippen molar-refractivity contribution in [1.82, 2.24) is 14.8 Å². The van der Waals surface area contributed by atoms with Crippen molar-refractivity contribution < 1.29 is 18.3 Å². The van der Waals surface area contributed by atoms with Crippen LogP contribution < -0.4 is 16.0 Å². The highest BCUT2D eigenvalue weighted by atomic mass is 32.1. The molecule has 0 radical (unpaired) electrons. The first-order valence-corrected chi connectivity index (χ1v) is 11.4. The second-order valence-corrected chi connectivity index (χ2v) is 9.03. The van der Waals surface area contributed by atoms with Crippen molar-refractivity contribution >= 4 is 28.7 Å². The standard InChI is InChI=1S/C22H26F2N6O2S/c1-12-10-30(8-7-15(25)19(12)32-3)22-16(9-26-29(22)2)27-20(31)17-11-33-21(28-17)18-13(23)5-4-6-14(18)24/h4-6,9,11-12,15,19H,7-8,10,25H2,1-3H3,(H,27,31)/t12-,15-,19+/m1/s1. The maximum Gasteiger partial charge on any atom is 0.275 e. The summed E-state index contributed by atoms with van der Waals surface area (Å²) in [6.07, 6.45) is 2.24. The zero-order chi connectivity index (χ0) is 23.7. The number of carbonyl (C=O) groups excluding carboxylic acids is 1. The molecule has 1 aliphatic heterocycles. The Bertz CT molecular complexity index is 1130. The number of aryl methyl sites for hydroxylation is 1. The van der Waals surface area contributed by atoms with Crippen LogP contribution in [0, 0.1) is 17.6 Å². The SMILES string of the molecule is CO[C@H]1[C@H](C)CN(c2c(NC(=O)c3csc(-c4c(F)cccc4F)n3)cnn2C)CC[C@H]1N. The van der Waals surface area contributed by atoms with Gasteiger partial charge in [-0.2, -0.15) is 5.10 Å². The molecule has 8 nitrogen and oxygen atoms in total. The van der Waals surface area contributed by atoms with E-state index in [1.807, 2.05) is 0 Å². The number of carbonyl (C=O) groups is 1. The molecule has 0 saturated carbocycles. The number of nitrogens with zero attached hydrogens (tertiary/aromatic N) is 4. The molecule has 3 heterocycles. The second kappa shape index (κ2) is 9.54. The van der Waals surface area contributed by atoms with Crippen molar-refractivity contribution in [3.63, 3.8) is 0 Å². The van der Waals surface area contributed by atoms with Crippen LogP contribution in [0.4, 0.5) is 20.3 Å². The average molecular weight is 477 g/mol. The summed E-state index contributed by atoms with van der Waals surface area (Å²) in [7, 11) is 3.47. The quantitative estimate of drug-likeness (QED) is 0.587. The van der Waals surface area contributed by atoms with Crippen LogP contribution >= 0.6 is 11.3 Å². The molecular formula is C22H26F2N6O2S. The second-order valence-electron chi connectivity index (χ2n) is 8.17. The molecule has 0 bridgehead atoms. The van der Waals surface area contributed by atoms with E-state index in [1.54, 1.807) is 25.0 Å². The minimum absolute atomic E-state index is 0.0616. The van der Waals surface area contributed by atoms with E-state index in [4.69, 9.17) is 10.5 Å². The van der Waals surface area contributed by atoms with Gasteiger partial charge in [-0.1, -0.05) is 13.0 Å². The van der Waals surface area contributed by atoms with E-state index in [0.717, 1.165) is 35.7 Å². The summed E-state index contributed by atoms with van der Waals surface area (Å²) in [5.41, 5.74) is 6.64. The number of anilines is 2. The van der Waals surface area contributed by atoms with Crippen molar-refractivity contribution in [1.29, 1.82) is 0 Å². The van der Waals surface area contributed by atoms with Crippen molar-refractivity contribution in [3.8, 4) is 10.6 Å². The largest absolute Gasteiger partial charge is 0.379 e. The number of nitrogens with one attached hydrogen (secondary N) is 1. The van der Waals surface area contributed by atoms with Crippen molar-refractivity contribution in [2.45, 2.75) is 25.5 Å². The molecule has 1 aromatic carbocycles. The summed E-state index contributed by atoms with van der Waals surface area (Å²) in [5.74, 6) is -1.03. The summed E-state index contributed by atoms with van der Waals surface area (Å²) in [6.45, 7) is 3.45. The van der Waals surface area contributed by atoms with E-state index < -0.39 is 17.5 Å². The fourth-order valence-electron chi connectivity index (χ4n) is 4.31. The van der Waals surface area contributed by atoms with Crippen LogP contribution in [-0.2, 0) is 11.8 Å². The first kappa shape index (κ1) is 23.3. The van der Waals surface area contributed by atoms with Crippen molar-refractivity contribution in [2.24, 2.45) is 18.7 Å². The van der Waals surface area contributed by atoms with E-state index in [2.05, 4.69) is 27.2 Å². The van der Waals surface area contributed by atoms with Gasteiger partial charge in [-0.05, 0) is 18.6 Å². The fraction of sp³-hybridized carbons (Fsp3) is 0.409. The van der Waals surface area contributed by atoms with Gasteiger partial charge in [0.15, 0.2) is 5.82 Å². The van der Waals surface area contributed by atoms with Crippen molar-refractivity contribution in [2.75, 3.05) is 30.4 Å². The van der Waals surface area contributed by atoms with Gasteiger partial charge in [-0.15, -0.1) is 11.3 Å². The third-order valence-corrected chi connectivity index (χ3v) is 6.72. The molecule has 1 amide bonds. The van der Waals surface area contributed by atoms with Gasteiger partial charge in [0, 0.05) is 44.6 Å². The van der Waals surface area contributed by atoms with E-state index in [9.17, 15) is 13.6 Å². The maximum atomic E-state index is 14.1. The minimum atomic E-state index is -0.728.